The van der Waals surface area contributed by atoms with Crippen LogP contribution in [0.5, 0.6) is 0 Å². The molecule has 0 fully saturated rings. The summed E-state index contributed by atoms with van der Waals surface area (Å²) >= 11 is 5.71. The van der Waals surface area contributed by atoms with Gasteiger partial charge in [-0.2, -0.15) is 0 Å². The van der Waals surface area contributed by atoms with Crippen molar-refractivity contribution >= 4 is 17.5 Å². The molecule has 0 atom stereocenters. The van der Waals surface area contributed by atoms with Crippen molar-refractivity contribution in [3.05, 3.63) is 62.8 Å². The Kier molecular flexibility index (Phi) is 3.66. The molecule has 0 bridgehead atoms. The van der Waals surface area contributed by atoms with E-state index >= 15 is 0 Å². The summed E-state index contributed by atoms with van der Waals surface area (Å²) in [5, 5.41) is 0.155. The normalized spacial score (nSPS) is 10.4. The van der Waals surface area contributed by atoms with E-state index in [1.54, 1.807) is 31.2 Å². The van der Waals surface area contributed by atoms with Crippen LogP contribution >= 0.6 is 11.6 Å². The van der Waals surface area contributed by atoms with Crippen molar-refractivity contribution in [1.82, 2.24) is 9.55 Å². The minimum absolute atomic E-state index is 0.155. The standard InChI is InChI=1S/C13H12ClN3O2/c1-8-16-11(14)6-12(18)17(8)7-9-4-2-3-5-10(9)13(15)19/h2-6H,7H2,1H3,(H2,15,19). The van der Waals surface area contributed by atoms with Crippen molar-refractivity contribution in [2.75, 3.05) is 0 Å². The predicted molar refractivity (Wildman–Crippen MR) is 72.3 cm³/mol. The van der Waals surface area contributed by atoms with E-state index in [4.69, 9.17) is 17.3 Å². The van der Waals surface area contributed by atoms with E-state index in [0.29, 0.717) is 17.0 Å². The molecule has 0 aliphatic rings. The van der Waals surface area contributed by atoms with Crippen molar-refractivity contribution in [2.45, 2.75) is 13.5 Å². The second kappa shape index (κ2) is 5.24. The number of primary amides is 1. The average molecular weight is 278 g/mol. The van der Waals surface area contributed by atoms with Crippen molar-refractivity contribution in [1.29, 1.82) is 0 Å². The number of carbonyl (C=O) groups is 1. The molecule has 98 valence electrons. The highest BCUT2D eigenvalue weighted by Crippen LogP contribution is 2.10. The Labute approximate surface area is 114 Å². The maximum Gasteiger partial charge on any atom is 0.255 e. The zero-order valence-corrected chi connectivity index (χ0v) is 11.0. The van der Waals surface area contributed by atoms with Crippen LogP contribution in [0.2, 0.25) is 5.15 Å². The summed E-state index contributed by atoms with van der Waals surface area (Å²) in [6.07, 6.45) is 0. The Balaban J connectivity index is 2.48. The molecule has 1 aromatic heterocycles. The molecule has 5 nitrogen and oxygen atoms in total. The van der Waals surface area contributed by atoms with Gasteiger partial charge in [-0.1, -0.05) is 29.8 Å². The van der Waals surface area contributed by atoms with Gasteiger partial charge in [0.2, 0.25) is 5.91 Å². The van der Waals surface area contributed by atoms with Crippen LogP contribution in [0, 0.1) is 6.92 Å². The fourth-order valence-corrected chi connectivity index (χ4v) is 2.06. The molecule has 6 heteroatoms. The number of aromatic nitrogens is 2. The topological polar surface area (TPSA) is 78.0 Å². The third-order valence-electron chi connectivity index (χ3n) is 2.78. The Morgan fingerprint density at radius 3 is 2.74 bits per heavy atom. The van der Waals surface area contributed by atoms with Crippen LogP contribution in [0.25, 0.3) is 0 Å². The lowest BCUT2D eigenvalue weighted by molar-refractivity contribution is 0.0999. The smallest absolute Gasteiger partial charge is 0.255 e. The summed E-state index contributed by atoms with van der Waals surface area (Å²) in [7, 11) is 0. The van der Waals surface area contributed by atoms with Crippen molar-refractivity contribution < 1.29 is 4.79 Å². The SMILES string of the molecule is Cc1nc(Cl)cc(=O)n1Cc1ccccc1C(N)=O. The largest absolute Gasteiger partial charge is 0.366 e. The first-order valence-electron chi connectivity index (χ1n) is 5.60. The van der Waals surface area contributed by atoms with E-state index < -0.39 is 5.91 Å². The third kappa shape index (κ3) is 2.82. The molecule has 0 aliphatic carbocycles. The first-order valence-corrected chi connectivity index (χ1v) is 5.98. The number of nitrogens with two attached hydrogens (primary N) is 1. The Morgan fingerprint density at radius 2 is 2.11 bits per heavy atom. The number of benzene rings is 1. The zero-order valence-electron chi connectivity index (χ0n) is 10.3. The highest BCUT2D eigenvalue weighted by Gasteiger charge is 2.10. The molecule has 1 aromatic carbocycles. The molecule has 1 amide bonds. The lowest BCUT2D eigenvalue weighted by atomic mass is 10.1. The summed E-state index contributed by atoms with van der Waals surface area (Å²) in [5.74, 6) is -0.0417. The Morgan fingerprint density at radius 1 is 1.42 bits per heavy atom. The van der Waals surface area contributed by atoms with Crippen molar-refractivity contribution in [3.63, 3.8) is 0 Å². The number of hydrogen-bond donors (Lipinski definition) is 1. The van der Waals surface area contributed by atoms with Gasteiger partial charge in [0.25, 0.3) is 5.56 Å². The van der Waals surface area contributed by atoms with Gasteiger partial charge in [-0.25, -0.2) is 4.98 Å². The van der Waals surface area contributed by atoms with Gasteiger partial charge in [0.05, 0.1) is 6.54 Å². The van der Waals surface area contributed by atoms with E-state index in [0.717, 1.165) is 0 Å². The van der Waals surface area contributed by atoms with Gasteiger partial charge in [-0.05, 0) is 18.6 Å². The lowest BCUT2D eigenvalue weighted by Gasteiger charge is -2.11. The Hall–Kier alpha value is -2.14. The van der Waals surface area contributed by atoms with Gasteiger partial charge >= 0.3 is 0 Å². The summed E-state index contributed by atoms with van der Waals surface area (Å²) in [5.41, 5.74) is 6.10. The second-order valence-corrected chi connectivity index (χ2v) is 4.46. The fraction of sp³-hybridized carbons (Fsp3) is 0.154. The predicted octanol–water partition coefficient (Wildman–Crippen LogP) is 1.35. The quantitative estimate of drug-likeness (QED) is 0.860. The fourth-order valence-electron chi connectivity index (χ4n) is 1.85. The first-order chi connectivity index (χ1) is 8.99. The van der Waals surface area contributed by atoms with Crippen LogP contribution in [0.15, 0.2) is 35.1 Å². The molecular formula is C13H12ClN3O2. The maximum absolute atomic E-state index is 11.9. The number of rotatable bonds is 3. The van der Waals surface area contributed by atoms with E-state index in [-0.39, 0.29) is 17.3 Å². The summed E-state index contributed by atoms with van der Waals surface area (Å²) in [6, 6.07) is 8.12. The third-order valence-corrected chi connectivity index (χ3v) is 2.97. The van der Waals surface area contributed by atoms with Crippen molar-refractivity contribution in [3.8, 4) is 0 Å². The summed E-state index contributed by atoms with van der Waals surface area (Å²) in [4.78, 5) is 27.2. The van der Waals surface area contributed by atoms with Crippen molar-refractivity contribution in [2.24, 2.45) is 5.73 Å². The second-order valence-electron chi connectivity index (χ2n) is 4.07. The van der Waals surface area contributed by atoms with Gasteiger partial charge < -0.3 is 5.73 Å². The molecule has 2 aromatic rings. The zero-order chi connectivity index (χ0) is 14.0. The first kappa shape index (κ1) is 13.3. The number of amides is 1. The van der Waals surface area contributed by atoms with Crippen LogP contribution in [0.4, 0.5) is 0 Å². The van der Waals surface area contributed by atoms with Gasteiger partial charge in [0, 0.05) is 11.6 Å². The summed E-state index contributed by atoms with van der Waals surface area (Å²) < 4.78 is 1.44. The van der Waals surface area contributed by atoms with Gasteiger partial charge in [0.1, 0.15) is 11.0 Å². The number of hydrogen-bond acceptors (Lipinski definition) is 3. The number of carbonyl (C=O) groups excluding carboxylic acids is 1. The van der Waals surface area contributed by atoms with Crippen LogP contribution in [-0.2, 0) is 6.54 Å². The van der Waals surface area contributed by atoms with Gasteiger partial charge in [-0.3, -0.25) is 14.2 Å². The molecule has 19 heavy (non-hydrogen) atoms. The van der Waals surface area contributed by atoms with Crippen LogP contribution < -0.4 is 11.3 Å². The number of aryl methyl sites for hydroxylation is 1. The monoisotopic (exact) mass is 277 g/mol. The Bertz CT molecular complexity index is 695. The van der Waals surface area contributed by atoms with Gasteiger partial charge in [0.15, 0.2) is 0 Å². The summed E-state index contributed by atoms with van der Waals surface area (Å²) in [6.45, 7) is 1.91. The highest BCUT2D eigenvalue weighted by atomic mass is 35.5. The number of halogens is 1. The molecule has 0 unspecified atom stereocenters. The van der Waals surface area contributed by atoms with Crippen LogP contribution in [0.3, 0.4) is 0 Å². The minimum Gasteiger partial charge on any atom is -0.366 e. The van der Waals surface area contributed by atoms with E-state index in [9.17, 15) is 9.59 Å². The van der Waals surface area contributed by atoms with Gasteiger partial charge in [-0.15, -0.1) is 0 Å². The molecule has 2 N–H and O–H groups in total. The van der Waals surface area contributed by atoms with Crippen LogP contribution in [0.1, 0.15) is 21.7 Å². The number of nitrogens with zero attached hydrogens (tertiary/aromatic N) is 2. The molecule has 1 heterocycles. The van der Waals surface area contributed by atoms with E-state index in [1.165, 1.54) is 10.6 Å². The average Bonchev–Trinajstić information content (AvgIpc) is 2.34. The minimum atomic E-state index is -0.525. The molecule has 0 saturated carbocycles. The molecule has 0 spiro atoms. The maximum atomic E-state index is 11.9. The molecule has 2 rings (SSSR count). The van der Waals surface area contributed by atoms with Crippen LogP contribution in [-0.4, -0.2) is 15.5 Å². The lowest BCUT2D eigenvalue weighted by Crippen LogP contribution is -2.25. The van der Waals surface area contributed by atoms with E-state index in [1.807, 2.05) is 0 Å². The molecule has 0 saturated heterocycles. The molecule has 0 radical (unpaired) electrons. The molecular weight excluding hydrogens is 266 g/mol. The molecule has 0 aliphatic heterocycles. The highest BCUT2D eigenvalue weighted by molar-refractivity contribution is 6.29. The van der Waals surface area contributed by atoms with E-state index in [2.05, 4.69) is 4.98 Å².